The Morgan fingerprint density at radius 1 is 0.903 bits per heavy atom. The summed E-state index contributed by atoms with van der Waals surface area (Å²) in [6.45, 7) is 6.56. The Labute approximate surface area is 181 Å². The standard InChI is InChI=1S/C23H27N3O5/c1-5-26(13-21(28)25-20-8-6-19(7-9-20)24-17(4)27)22(29)14-31-23(30)18-11-15(2)10-16(3)12-18/h6-12H,5,13-14H2,1-4H3,(H,24,27)(H,25,28). The van der Waals surface area contributed by atoms with E-state index in [0.29, 0.717) is 16.9 Å². The number of carbonyl (C=O) groups is 4. The Kier molecular flexibility index (Phi) is 8.31. The van der Waals surface area contributed by atoms with E-state index < -0.39 is 18.5 Å². The van der Waals surface area contributed by atoms with Crippen LogP contribution in [0.2, 0.25) is 0 Å². The zero-order valence-corrected chi connectivity index (χ0v) is 18.2. The number of hydrogen-bond donors (Lipinski definition) is 2. The van der Waals surface area contributed by atoms with Crippen LogP contribution in [0.1, 0.15) is 35.3 Å². The fraction of sp³-hybridized carbons (Fsp3) is 0.304. The third-order valence-corrected chi connectivity index (χ3v) is 4.34. The highest BCUT2D eigenvalue weighted by molar-refractivity contribution is 5.96. The molecule has 0 bridgehead atoms. The minimum Gasteiger partial charge on any atom is -0.452 e. The first-order valence-electron chi connectivity index (χ1n) is 9.88. The first-order chi connectivity index (χ1) is 14.7. The summed E-state index contributed by atoms with van der Waals surface area (Å²) in [5.74, 6) is -1.62. The summed E-state index contributed by atoms with van der Waals surface area (Å²) in [7, 11) is 0. The molecule has 0 fully saturated rings. The van der Waals surface area contributed by atoms with Crippen molar-refractivity contribution in [3.05, 3.63) is 59.2 Å². The van der Waals surface area contributed by atoms with Gasteiger partial charge in [0.2, 0.25) is 11.8 Å². The molecule has 2 N–H and O–H groups in total. The average Bonchev–Trinajstić information content (AvgIpc) is 2.70. The molecule has 3 amide bonds. The first-order valence-corrected chi connectivity index (χ1v) is 9.88. The maximum Gasteiger partial charge on any atom is 0.338 e. The van der Waals surface area contributed by atoms with Crippen LogP contribution < -0.4 is 10.6 Å². The van der Waals surface area contributed by atoms with Crippen LogP contribution in [0.3, 0.4) is 0 Å². The number of hydrogen-bond acceptors (Lipinski definition) is 5. The smallest absolute Gasteiger partial charge is 0.338 e. The number of likely N-dealkylation sites (N-methyl/N-ethyl adjacent to an activating group) is 1. The predicted octanol–water partition coefficient (Wildman–Crippen LogP) is 2.91. The Morgan fingerprint density at radius 3 is 1.97 bits per heavy atom. The lowest BCUT2D eigenvalue weighted by Gasteiger charge is -2.20. The van der Waals surface area contributed by atoms with Crippen LogP contribution in [-0.2, 0) is 19.1 Å². The van der Waals surface area contributed by atoms with Gasteiger partial charge in [0.15, 0.2) is 6.61 Å². The van der Waals surface area contributed by atoms with E-state index >= 15 is 0 Å². The second kappa shape index (κ2) is 10.9. The van der Waals surface area contributed by atoms with Gasteiger partial charge in [-0.2, -0.15) is 0 Å². The van der Waals surface area contributed by atoms with E-state index in [4.69, 9.17) is 4.74 Å². The molecule has 0 aliphatic rings. The van der Waals surface area contributed by atoms with Crippen LogP contribution in [0.4, 0.5) is 11.4 Å². The monoisotopic (exact) mass is 425 g/mol. The highest BCUT2D eigenvalue weighted by Gasteiger charge is 2.18. The molecule has 0 unspecified atom stereocenters. The highest BCUT2D eigenvalue weighted by atomic mass is 16.5. The molecular formula is C23H27N3O5. The van der Waals surface area contributed by atoms with Crippen molar-refractivity contribution in [3.8, 4) is 0 Å². The lowest BCUT2D eigenvalue weighted by atomic mass is 10.1. The van der Waals surface area contributed by atoms with E-state index in [1.807, 2.05) is 19.9 Å². The second-order valence-corrected chi connectivity index (χ2v) is 7.17. The zero-order chi connectivity index (χ0) is 23.0. The molecule has 0 aromatic heterocycles. The van der Waals surface area contributed by atoms with Gasteiger partial charge >= 0.3 is 5.97 Å². The molecule has 0 aliphatic carbocycles. The van der Waals surface area contributed by atoms with Gasteiger partial charge in [0, 0.05) is 24.8 Å². The topological polar surface area (TPSA) is 105 Å². The van der Waals surface area contributed by atoms with Crippen molar-refractivity contribution < 1.29 is 23.9 Å². The molecule has 164 valence electrons. The van der Waals surface area contributed by atoms with Crippen LogP contribution >= 0.6 is 0 Å². The van der Waals surface area contributed by atoms with E-state index in [9.17, 15) is 19.2 Å². The summed E-state index contributed by atoms with van der Waals surface area (Å²) in [5, 5.41) is 5.33. The molecule has 0 saturated heterocycles. The molecule has 0 heterocycles. The third-order valence-electron chi connectivity index (χ3n) is 4.34. The minimum atomic E-state index is -0.583. The molecule has 0 atom stereocenters. The number of anilines is 2. The number of esters is 1. The number of carbonyl (C=O) groups excluding carboxylic acids is 4. The van der Waals surface area contributed by atoms with Crippen LogP contribution in [0, 0.1) is 13.8 Å². The fourth-order valence-electron chi connectivity index (χ4n) is 2.98. The van der Waals surface area contributed by atoms with Crippen molar-refractivity contribution in [3.63, 3.8) is 0 Å². The second-order valence-electron chi connectivity index (χ2n) is 7.17. The van der Waals surface area contributed by atoms with E-state index in [1.165, 1.54) is 11.8 Å². The molecule has 2 rings (SSSR count). The largest absolute Gasteiger partial charge is 0.452 e. The Balaban J connectivity index is 1.88. The summed E-state index contributed by atoms with van der Waals surface area (Å²) >= 11 is 0. The molecule has 31 heavy (non-hydrogen) atoms. The lowest BCUT2D eigenvalue weighted by Crippen LogP contribution is -2.40. The average molecular weight is 425 g/mol. The van der Waals surface area contributed by atoms with Crippen molar-refractivity contribution in [1.82, 2.24) is 4.90 Å². The van der Waals surface area contributed by atoms with Gasteiger partial charge in [-0.1, -0.05) is 17.2 Å². The van der Waals surface area contributed by atoms with E-state index in [-0.39, 0.29) is 24.9 Å². The molecule has 0 saturated carbocycles. The maximum absolute atomic E-state index is 12.4. The molecule has 8 nitrogen and oxygen atoms in total. The van der Waals surface area contributed by atoms with Crippen molar-refractivity contribution >= 4 is 35.1 Å². The van der Waals surface area contributed by atoms with Crippen molar-refractivity contribution in [2.75, 3.05) is 30.3 Å². The fourth-order valence-corrected chi connectivity index (χ4v) is 2.98. The number of ether oxygens (including phenoxy) is 1. The van der Waals surface area contributed by atoms with Gasteiger partial charge in [0.05, 0.1) is 12.1 Å². The van der Waals surface area contributed by atoms with Gasteiger partial charge in [-0.25, -0.2) is 4.79 Å². The predicted molar refractivity (Wildman–Crippen MR) is 118 cm³/mol. The summed E-state index contributed by atoms with van der Waals surface area (Å²) in [6, 6.07) is 11.9. The van der Waals surface area contributed by atoms with Gasteiger partial charge in [-0.15, -0.1) is 0 Å². The van der Waals surface area contributed by atoms with Crippen molar-refractivity contribution in [2.45, 2.75) is 27.7 Å². The number of amides is 3. The van der Waals surface area contributed by atoms with Gasteiger partial charge < -0.3 is 20.3 Å². The molecule has 0 radical (unpaired) electrons. The Hall–Kier alpha value is -3.68. The molecule has 8 heteroatoms. The zero-order valence-electron chi connectivity index (χ0n) is 18.2. The van der Waals surface area contributed by atoms with Crippen molar-refractivity contribution in [1.29, 1.82) is 0 Å². The quantitative estimate of drug-likeness (QED) is 0.633. The van der Waals surface area contributed by atoms with Crippen LogP contribution in [-0.4, -0.2) is 48.3 Å². The summed E-state index contributed by atoms with van der Waals surface area (Å²) in [6.07, 6.45) is 0. The number of rotatable bonds is 8. The molecular weight excluding hydrogens is 398 g/mol. The SMILES string of the molecule is CCN(CC(=O)Nc1ccc(NC(C)=O)cc1)C(=O)COC(=O)c1cc(C)cc(C)c1. The van der Waals surface area contributed by atoms with Crippen molar-refractivity contribution in [2.24, 2.45) is 0 Å². The molecule has 2 aromatic carbocycles. The highest BCUT2D eigenvalue weighted by Crippen LogP contribution is 2.14. The number of aryl methyl sites for hydroxylation is 2. The van der Waals surface area contributed by atoms with E-state index in [1.54, 1.807) is 43.3 Å². The van der Waals surface area contributed by atoms with E-state index in [2.05, 4.69) is 10.6 Å². The summed E-state index contributed by atoms with van der Waals surface area (Å²) < 4.78 is 5.13. The molecule has 0 spiro atoms. The number of nitrogens with one attached hydrogen (secondary N) is 2. The third kappa shape index (κ3) is 7.58. The van der Waals surface area contributed by atoms with Gasteiger partial charge in [0.25, 0.3) is 5.91 Å². The first kappa shape index (κ1) is 23.6. The molecule has 2 aromatic rings. The minimum absolute atomic E-state index is 0.177. The van der Waals surface area contributed by atoms with Crippen LogP contribution in [0.15, 0.2) is 42.5 Å². The Bertz CT molecular complexity index is 949. The lowest BCUT2D eigenvalue weighted by molar-refractivity contribution is -0.137. The maximum atomic E-state index is 12.4. The normalized spacial score (nSPS) is 10.2. The van der Waals surface area contributed by atoms with Gasteiger partial charge in [0.1, 0.15) is 0 Å². The van der Waals surface area contributed by atoms with Gasteiger partial charge in [-0.05, 0) is 57.2 Å². The summed E-state index contributed by atoms with van der Waals surface area (Å²) in [4.78, 5) is 49.3. The Morgan fingerprint density at radius 2 is 1.45 bits per heavy atom. The summed E-state index contributed by atoms with van der Waals surface area (Å²) in [5.41, 5.74) is 3.38. The number of benzene rings is 2. The van der Waals surface area contributed by atoms with Crippen LogP contribution in [0.5, 0.6) is 0 Å². The van der Waals surface area contributed by atoms with Crippen LogP contribution in [0.25, 0.3) is 0 Å². The van der Waals surface area contributed by atoms with E-state index in [0.717, 1.165) is 11.1 Å². The number of nitrogens with zero attached hydrogens (tertiary/aromatic N) is 1. The van der Waals surface area contributed by atoms with Gasteiger partial charge in [-0.3, -0.25) is 14.4 Å². The molecule has 0 aliphatic heterocycles.